The molecule has 0 bridgehead atoms. The van der Waals surface area contributed by atoms with Crippen molar-refractivity contribution in [1.29, 1.82) is 0 Å². The Bertz CT molecular complexity index is 1240. The Morgan fingerprint density at radius 1 is 1.19 bits per heavy atom. The Labute approximate surface area is 217 Å². The first kappa shape index (κ1) is 25.5. The smallest absolute Gasteiger partial charge is 0.242 e. The summed E-state index contributed by atoms with van der Waals surface area (Å²) in [6, 6.07) is 10.2. The fourth-order valence-electron chi connectivity index (χ4n) is 5.60. The summed E-state index contributed by atoms with van der Waals surface area (Å²) in [5.74, 6) is -0.695. The minimum atomic E-state index is -0.538. The molecule has 3 aromatic rings. The van der Waals surface area contributed by atoms with Crippen molar-refractivity contribution in [3.8, 4) is 5.69 Å². The molecule has 2 atom stereocenters. The SMILES string of the molecule is CCC[C@H](N[C@H]1CCc2cc(F)cc(F)c2C1)C(=O)Nc1cn(-c2ccccc2CN2CCCC2)cn1. The maximum atomic E-state index is 14.4. The van der Waals surface area contributed by atoms with Gasteiger partial charge in [0.1, 0.15) is 18.0 Å². The van der Waals surface area contributed by atoms with Crippen LogP contribution in [0.25, 0.3) is 5.69 Å². The van der Waals surface area contributed by atoms with Crippen LogP contribution in [0.4, 0.5) is 14.6 Å². The number of hydrogen-bond donors (Lipinski definition) is 2. The summed E-state index contributed by atoms with van der Waals surface area (Å²) >= 11 is 0. The number of aryl methyl sites for hydroxylation is 1. The molecule has 37 heavy (non-hydrogen) atoms. The highest BCUT2D eigenvalue weighted by Gasteiger charge is 2.27. The average Bonchev–Trinajstić information content (AvgIpc) is 3.57. The van der Waals surface area contributed by atoms with E-state index in [9.17, 15) is 13.6 Å². The van der Waals surface area contributed by atoms with Gasteiger partial charge < -0.3 is 15.2 Å². The van der Waals surface area contributed by atoms with Crippen LogP contribution < -0.4 is 10.6 Å². The van der Waals surface area contributed by atoms with Gasteiger partial charge >= 0.3 is 0 Å². The molecule has 1 aliphatic heterocycles. The molecule has 2 N–H and O–H groups in total. The van der Waals surface area contributed by atoms with Gasteiger partial charge in [0.15, 0.2) is 5.82 Å². The van der Waals surface area contributed by atoms with E-state index >= 15 is 0 Å². The zero-order chi connectivity index (χ0) is 25.8. The molecule has 0 unspecified atom stereocenters. The predicted octanol–water partition coefficient (Wildman–Crippen LogP) is 5.00. The van der Waals surface area contributed by atoms with E-state index < -0.39 is 17.7 Å². The summed E-state index contributed by atoms with van der Waals surface area (Å²) in [5.41, 5.74) is 3.56. The minimum absolute atomic E-state index is 0.0511. The number of para-hydroxylation sites is 1. The number of nitrogens with zero attached hydrogens (tertiary/aromatic N) is 3. The van der Waals surface area contributed by atoms with Crippen LogP contribution in [0.2, 0.25) is 0 Å². The molecule has 0 radical (unpaired) electrons. The van der Waals surface area contributed by atoms with Crippen molar-refractivity contribution in [2.45, 2.75) is 70.5 Å². The van der Waals surface area contributed by atoms with Crippen LogP contribution in [0.15, 0.2) is 48.9 Å². The maximum Gasteiger partial charge on any atom is 0.242 e. The number of fused-ring (bicyclic) bond motifs is 1. The number of rotatable bonds is 9. The third kappa shape index (κ3) is 6.08. The third-order valence-corrected chi connectivity index (χ3v) is 7.49. The van der Waals surface area contributed by atoms with Gasteiger partial charge in [-0.15, -0.1) is 0 Å². The van der Waals surface area contributed by atoms with Crippen molar-refractivity contribution in [2.75, 3.05) is 18.4 Å². The van der Waals surface area contributed by atoms with Crippen LogP contribution >= 0.6 is 0 Å². The second-order valence-electron chi connectivity index (χ2n) is 10.2. The van der Waals surface area contributed by atoms with Gasteiger partial charge in [-0.3, -0.25) is 9.69 Å². The minimum Gasteiger partial charge on any atom is -0.308 e. The molecule has 1 aromatic heterocycles. The zero-order valence-corrected chi connectivity index (χ0v) is 21.4. The van der Waals surface area contributed by atoms with Crippen LogP contribution in [-0.4, -0.2) is 45.5 Å². The van der Waals surface area contributed by atoms with E-state index in [1.807, 2.05) is 23.8 Å². The van der Waals surface area contributed by atoms with Gasteiger partial charge in [0.05, 0.1) is 17.9 Å². The van der Waals surface area contributed by atoms with Crippen molar-refractivity contribution < 1.29 is 13.6 Å². The lowest BCUT2D eigenvalue weighted by Gasteiger charge is -2.29. The van der Waals surface area contributed by atoms with Gasteiger partial charge in [0.25, 0.3) is 0 Å². The molecular weight excluding hydrogens is 472 g/mol. The summed E-state index contributed by atoms with van der Waals surface area (Å²) in [7, 11) is 0. The standard InChI is InChI=1S/C29H35F2N5O/c1-2-7-26(33-23-11-10-20-14-22(30)15-25(31)24(20)16-23)29(37)34-28-18-36(19-32-28)27-9-4-3-8-21(27)17-35-12-5-6-13-35/h3-4,8-9,14-15,18-19,23,26,33H,2,5-7,10-13,16-17H2,1H3,(H,34,37)/t23-,26-/m0/s1. The van der Waals surface area contributed by atoms with E-state index in [-0.39, 0.29) is 11.9 Å². The van der Waals surface area contributed by atoms with Gasteiger partial charge in [0, 0.05) is 18.7 Å². The lowest BCUT2D eigenvalue weighted by molar-refractivity contribution is -0.118. The molecule has 8 heteroatoms. The molecule has 1 saturated heterocycles. The average molecular weight is 508 g/mol. The number of carbonyl (C=O) groups excluding carboxylic acids is 1. The summed E-state index contributed by atoms with van der Waals surface area (Å²) in [4.78, 5) is 20.1. The number of amides is 1. The van der Waals surface area contributed by atoms with E-state index in [4.69, 9.17) is 0 Å². The Morgan fingerprint density at radius 3 is 2.81 bits per heavy atom. The number of aromatic nitrogens is 2. The molecule has 0 spiro atoms. The van der Waals surface area contributed by atoms with Gasteiger partial charge in [0.2, 0.25) is 5.91 Å². The Hall–Kier alpha value is -3.10. The van der Waals surface area contributed by atoms with Crippen molar-refractivity contribution >= 4 is 11.7 Å². The van der Waals surface area contributed by atoms with Crippen molar-refractivity contribution in [1.82, 2.24) is 19.8 Å². The van der Waals surface area contributed by atoms with Crippen LogP contribution in [0.3, 0.4) is 0 Å². The van der Waals surface area contributed by atoms with Crippen LogP contribution in [0, 0.1) is 11.6 Å². The number of carbonyl (C=O) groups is 1. The topological polar surface area (TPSA) is 62.2 Å². The number of anilines is 1. The number of nitrogens with one attached hydrogen (secondary N) is 2. The summed E-state index contributed by atoms with van der Waals surface area (Å²) in [6.07, 6.45) is 9.32. The summed E-state index contributed by atoms with van der Waals surface area (Å²) < 4.78 is 29.9. The molecule has 1 aliphatic carbocycles. The Kier molecular flexibility index (Phi) is 7.96. The van der Waals surface area contributed by atoms with E-state index in [0.29, 0.717) is 30.6 Å². The lowest BCUT2D eigenvalue weighted by atomic mass is 9.87. The first-order chi connectivity index (χ1) is 18.0. The van der Waals surface area contributed by atoms with Crippen LogP contribution in [-0.2, 0) is 24.2 Å². The largest absolute Gasteiger partial charge is 0.308 e. The summed E-state index contributed by atoms with van der Waals surface area (Å²) in [6.45, 7) is 5.19. The van der Waals surface area contributed by atoms with Crippen LogP contribution in [0.1, 0.15) is 55.7 Å². The molecule has 196 valence electrons. The lowest BCUT2D eigenvalue weighted by Crippen LogP contribution is -2.48. The first-order valence-electron chi connectivity index (χ1n) is 13.4. The fourth-order valence-corrected chi connectivity index (χ4v) is 5.60. The zero-order valence-electron chi connectivity index (χ0n) is 21.4. The molecular formula is C29H35F2N5O. The predicted molar refractivity (Wildman–Crippen MR) is 141 cm³/mol. The maximum absolute atomic E-state index is 14.4. The van der Waals surface area contributed by atoms with Crippen molar-refractivity contribution in [3.63, 3.8) is 0 Å². The number of likely N-dealkylation sites (tertiary alicyclic amines) is 1. The molecule has 0 saturated carbocycles. The monoisotopic (exact) mass is 507 g/mol. The van der Waals surface area contributed by atoms with Gasteiger partial charge in [-0.05, 0) is 80.4 Å². The van der Waals surface area contributed by atoms with Gasteiger partial charge in [-0.25, -0.2) is 13.8 Å². The normalized spacial score (nSPS) is 18.5. The number of hydrogen-bond acceptors (Lipinski definition) is 4. The highest BCUT2D eigenvalue weighted by atomic mass is 19.1. The summed E-state index contributed by atoms with van der Waals surface area (Å²) in [5, 5.41) is 6.40. The number of imidazole rings is 1. The Balaban J connectivity index is 1.24. The van der Waals surface area contributed by atoms with Gasteiger partial charge in [-0.2, -0.15) is 0 Å². The molecule has 2 aromatic carbocycles. The van der Waals surface area contributed by atoms with E-state index in [2.05, 4.69) is 38.7 Å². The number of benzene rings is 2. The second-order valence-corrected chi connectivity index (χ2v) is 10.2. The fraction of sp³-hybridized carbons (Fsp3) is 0.448. The highest BCUT2D eigenvalue weighted by Crippen LogP contribution is 2.26. The van der Waals surface area contributed by atoms with Crippen molar-refractivity contribution in [3.05, 3.63) is 77.2 Å². The Morgan fingerprint density at radius 2 is 2.00 bits per heavy atom. The third-order valence-electron chi connectivity index (χ3n) is 7.49. The first-order valence-corrected chi connectivity index (χ1v) is 13.4. The molecule has 2 aliphatic rings. The molecule has 5 rings (SSSR count). The molecule has 2 heterocycles. The molecule has 6 nitrogen and oxygen atoms in total. The second kappa shape index (κ2) is 11.5. The molecule has 1 fully saturated rings. The van der Waals surface area contributed by atoms with E-state index in [1.54, 1.807) is 6.33 Å². The number of halogens is 2. The van der Waals surface area contributed by atoms with Crippen LogP contribution in [0.5, 0.6) is 0 Å². The van der Waals surface area contributed by atoms with E-state index in [1.165, 1.54) is 24.5 Å². The molecule has 1 amide bonds. The van der Waals surface area contributed by atoms with Crippen molar-refractivity contribution in [2.24, 2.45) is 0 Å². The van der Waals surface area contributed by atoms with E-state index in [0.717, 1.165) is 49.8 Å². The van der Waals surface area contributed by atoms with Gasteiger partial charge in [-0.1, -0.05) is 31.5 Å². The highest BCUT2D eigenvalue weighted by molar-refractivity contribution is 5.94. The quantitative estimate of drug-likeness (QED) is 0.428.